The molecule has 0 spiro atoms. The van der Waals surface area contributed by atoms with E-state index in [1.165, 1.54) is 11.3 Å². The summed E-state index contributed by atoms with van der Waals surface area (Å²) in [7, 11) is 2.19. The average molecular weight is 287 g/mol. The molecular formula is C17H25N3O. The van der Waals surface area contributed by atoms with Gasteiger partial charge < -0.3 is 15.1 Å². The molecule has 1 saturated heterocycles. The second kappa shape index (κ2) is 6.06. The van der Waals surface area contributed by atoms with Gasteiger partial charge in [0.15, 0.2) is 0 Å². The number of hydrazone groups is 1. The van der Waals surface area contributed by atoms with E-state index in [2.05, 4.69) is 54.5 Å². The van der Waals surface area contributed by atoms with Crippen molar-refractivity contribution < 1.29 is 4.74 Å². The molecule has 1 aromatic rings. The van der Waals surface area contributed by atoms with Crippen molar-refractivity contribution in [1.82, 2.24) is 10.3 Å². The number of nitrogens with zero attached hydrogens (tertiary/aromatic N) is 2. The number of ether oxygens (including phenoxy) is 1. The molecule has 2 aliphatic rings. The molecule has 1 aromatic carbocycles. The van der Waals surface area contributed by atoms with Crippen LogP contribution in [0.25, 0.3) is 0 Å². The van der Waals surface area contributed by atoms with Crippen molar-refractivity contribution >= 4 is 5.71 Å². The first-order valence-corrected chi connectivity index (χ1v) is 7.87. The standard InChI is InChI=1S/C17H25N3O/c1-12(2)11-21-16-7-5-4-6-13(16)17-14-10-20(3)9-8-15(14)18-19-17/h4-7,12,14,17,19H,8-11H2,1-3H3. The Labute approximate surface area is 127 Å². The van der Waals surface area contributed by atoms with Crippen LogP contribution in [-0.4, -0.2) is 37.4 Å². The molecule has 4 nitrogen and oxygen atoms in total. The van der Waals surface area contributed by atoms with Gasteiger partial charge in [-0.3, -0.25) is 0 Å². The first-order chi connectivity index (χ1) is 10.1. The second-order valence-corrected chi connectivity index (χ2v) is 6.57. The Morgan fingerprint density at radius 3 is 3.00 bits per heavy atom. The molecule has 2 atom stereocenters. The number of benzene rings is 1. The number of para-hydroxylation sites is 1. The molecule has 0 bridgehead atoms. The molecule has 2 heterocycles. The Balaban J connectivity index is 1.81. The quantitative estimate of drug-likeness (QED) is 0.925. The van der Waals surface area contributed by atoms with Crippen LogP contribution in [-0.2, 0) is 0 Å². The monoisotopic (exact) mass is 287 g/mol. The third-order valence-corrected chi connectivity index (χ3v) is 4.26. The predicted octanol–water partition coefficient (Wildman–Crippen LogP) is 2.67. The zero-order valence-corrected chi connectivity index (χ0v) is 13.2. The average Bonchev–Trinajstić information content (AvgIpc) is 2.88. The highest BCUT2D eigenvalue weighted by Gasteiger charge is 2.37. The Morgan fingerprint density at radius 2 is 2.19 bits per heavy atom. The Bertz CT molecular complexity index is 527. The van der Waals surface area contributed by atoms with Gasteiger partial charge in [-0.15, -0.1) is 0 Å². The van der Waals surface area contributed by atoms with E-state index in [1.807, 2.05) is 6.07 Å². The largest absolute Gasteiger partial charge is 0.493 e. The lowest BCUT2D eigenvalue weighted by atomic mass is 9.86. The zero-order valence-electron chi connectivity index (χ0n) is 13.2. The summed E-state index contributed by atoms with van der Waals surface area (Å²) in [6, 6.07) is 8.61. The van der Waals surface area contributed by atoms with Gasteiger partial charge in [-0.2, -0.15) is 5.10 Å². The van der Waals surface area contributed by atoms with E-state index < -0.39 is 0 Å². The van der Waals surface area contributed by atoms with Crippen molar-refractivity contribution in [1.29, 1.82) is 0 Å². The molecule has 1 fully saturated rings. The molecule has 2 unspecified atom stereocenters. The highest BCUT2D eigenvalue weighted by molar-refractivity contribution is 5.90. The van der Waals surface area contributed by atoms with Crippen LogP contribution in [0.2, 0.25) is 0 Å². The van der Waals surface area contributed by atoms with E-state index in [9.17, 15) is 0 Å². The van der Waals surface area contributed by atoms with Gasteiger partial charge in [0.05, 0.1) is 12.6 Å². The normalized spacial score (nSPS) is 25.4. The summed E-state index contributed by atoms with van der Waals surface area (Å²) >= 11 is 0. The molecule has 0 radical (unpaired) electrons. The van der Waals surface area contributed by atoms with Crippen LogP contribution in [0.4, 0.5) is 0 Å². The third-order valence-electron chi connectivity index (χ3n) is 4.26. The Hall–Kier alpha value is -1.55. The molecule has 4 heteroatoms. The lowest BCUT2D eigenvalue weighted by Crippen LogP contribution is -2.39. The molecule has 0 aromatic heterocycles. The van der Waals surface area contributed by atoms with Crippen LogP contribution in [0, 0.1) is 11.8 Å². The first-order valence-electron chi connectivity index (χ1n) is 7.87. The van der Waals surface area contributed by atoms with E-state index >= 15 is 0 Å². The summed E-state index contributed by atoms with van der Waals surface area (Å²) in [5.41, 5.74) is 5.89. The number of hydrogen-bond donors (Lipinski definition) is 1. The highest BCUT2D eigenvalue weighted by Crippen LogP contribution is 2.36. The van der Waals surface area contributed by atoms with Crippen molar-refractivity contribution in [3.05, 3.63) is 29.8 Å². The lowest BCUT2D eigenvalue weighted by Gasteiger charge is -2.31. The summed E-state index contributed by atoms with van der Waals surface area (Å²) in [4.78, 5) is 2.39. The van der Waals surface area contributed by atoms with Gasteiger partial charge in [-0.1, -0.05) is 32.0 Å². The molecule has 114 valence electrons. The van der Waals surface area contributed by atoms with Crippen LogP contribution in [0.1, 0.15) is 31.9 Å². The lowest BCUT2D eigenvalue weighted by molar-refractivity contribution is 0.253. The highest BCUT2D eigenvalue weighted by atomic mass is 16.5. The fourth-order valence-electron chi connectivity index (χ4n) is 3.11. The summed E-state index contributed by atoms with van der Waals surface area (Å²) in [6.07, 6.45) is 1.07. The van der Waals surface area contributed by atoms with Crippen molar-refractivity contribution in [2.75, 3.05) is 26.7 Å². The van der Waals surface area contributed by atoms with E-state index in [1.54, 1.807) is 0 Å². The maximum Gasteiger partial charge on any atom is 0.124 e. The summed E-state index contributed by atoms with van der Waals surface area (Å²) in [5.74, 6) is 1.99. The van der Waals surface area contributed by atoms with Crippen molar-refractivity contribution in [3.8, 4) is 5.75 Å². The fourth-order valence-corrected chi connectivity index (χ4v) is 3.11. The summed E-state index contributed by atoms with van der Waals surface area (Å²) in [5, 5.41) is 4.57. The van der Waals surface area contributed by atoms with Crippen molar-refractivity contribution in [2.24, 2.45) is 16.9 Å². The maximum atomic E-state index is 6.01. The van der Waals surface area contributed by atoms with Crippen LogP contribution in [0.3, 0.4) is 0 Å². The van der Waals surface area contributed by atoms with Crippen LogP contribution < -0.4 is 10.2 Å². The second-order valence-electron chi connectivity index (χ2n) is 6.57. The molecule has 0 amide bonds. The summed E-state index contributed by atoms with van der Waals surface area (Å²) < 4.78 is 6.01. The van der Waals surface area contributed by atoms with Crippen molar-refractivity contribution in [2.45, 2.75) is 26.3 Å². The number of piperidine rings is 1. The number of likely N-dealkylation sites (tertiary alicyclic amines) is 1. The van der Waals surface area contributed by atoms with Crippen LogP contribution in [0.5, 0.6) is 5.75 Å². The molecule has 0 aliphatic carbocycles. The smallest absolute Gasteiger partial charge is 0.124 e. The first kappa shape index (κ1) is 14.4. The topological polar surface area (TPSA) is 36.9 Å². The predicted molar refractivity (Wildman–Crippen MR) is 85.7 cm³/mol. The number of hydrogen-bond acceptors (Lipinski definition) is 4. The third kappa shape index (κ3) is 3.05. The minimum Gasteiger partial charge on any atom is -0.493 e. The minimum absolute atomic E-state index is 0.242. The van der Waals surface area contributed by atoms with Gasteiger partial charge in [0.2, 0.25) is 0 Å². The van der Waals surface area contributed by atoms with E-state index in [0.717, 1.165) is 31.9 Å². The molecule has 1 N–H and O–H groups in total. The van der Waals surface area contributed by atoms with Crippen molar-refractivity contribution in [3.63, 3.8) is 0 Å². The molecular weight excluding hydrogens is 262 g/mol. The minimum atomic E-state index is 0.242. The number of rotatable bonds is 4. The fraction of sp³-hybridized carbons (Fsp3) is 0.588. The van der Waals surface area contributed by atoms with Gasteiger partial charge in [0.1, 0.15) is 5.75 Å². The van der Waals surface area contributed by atoms with E-state index in [4.69, 9.17) is 4.74 Å². The van der Waals surface area contributed by atoms with Gasteiger partial charge in [-0.25, -0.2) is 0 Å². The number of fused-ring (bicyclic) bond motifs is 1. The van der Waals surface area contributed by atoms with Gasteiger partial charge >= 0.3 is 0 Å². The Morgan fingerprint density at radius 1 is 1.38 bits per heavy atom. The number of nitrogens with one attached hydrogen (secondary N) is 1. The SMILES string of the molecule is CC(C)COc1ccccc1C1NN=C2CCN(C)CC21. The summed E-state index contributed by atoms with van der Waals surface area (Å²) in [6.45, 7) is 7.27. The van der Waals surface area contributed by atoms with Gasteiger partial charge in [0.25, 0.3) is 0 Å². The zero-order chi connectivity index (χ0) is 14.8. The molecule has 0 saturated carbocycles. The molecule has 21 heavy (non-hydrogen) atoms. The van der Waals surface area contributed by atoms with E-state index in [0.29, 0.717) is 11.8 Å². The molecule has 3 rings (SSSR count). The van der Waals surface area contributed by atoms with Gasteiger partial charge in [-0.05, 0) is 19.0 Å². The van der Waals surface area contributed by atoms with Crippen LogP contribution in [0.15, 0.2) is 29.4 Å². The van der Waals surface area contributed by atoms with Crippen LogP contribution >= 0.6 is 0 Å². The van der Waals surface area contributed by atoms with Gasteiger partial charge in [0, 0.05) is 36.7 Å². The maximum absolute atomic E-state index is 6.01. The van der Waals surface area contributed by atoms with E-state index in [-0.39, 0.29) is 6.04 Å². The Kier molecular flexibility index (Phi) is 4.15. The molecule has 2 aliphatic heterocycles.